The molecule has 24 heavy (non-hydrogen) atoms. The van der Waals surface area contributed by atoms with Crippen molar-refractivity contribution >= 4 is 33.0 Å². The Kier molecular flexibility index (Phi) is 5.66. The summed E-state index contributed by atoms with van der Waals surface area (Å²) in [6, 6.07) is 6.97. The number of benzene rings is 1. The smallest absolute Gasteiger partial charge is 0.265 e. The van der Waals surface area contributed by atoms with Crippen LogP contribution in [0.25, 0.3) is 0 Å². The van der Waals surface area contributed by atoms with E-state index in [9.17, 15) is 13.2 Å². The van der Waals surface area contributed by atoms with E-state index in [0.29, 0.717) is 12.2 Å². The average molecular weight is 367 g/mol. The van der Waals surface area contributed by atoms with Crippen LogP contribution in [0.2, 0.25) is 0 Å². The summed E-state index contributed by atoms with van der Waals surface area (Å²) in [4.78, 5) is 12.5. The number of aryl methyl sites for hydroxylation is 2. The molecule has 2 aromatic rings. The van der Waals surface area contributed by atoms with Crippen LogP contribution in [0.1, 0.15) is 34.1 Å². The molecule has 0 radical (unpaired) electrons. The summed E-state index contributed by atoms with van der Waals surface area (Å²) in [6.07, 6.45) is 0.793. The fourth-order valence-corrected chi connectivity index (χ4v) is 4.70. The van der Waals surface area contributed by atoms with Crippen molar-refractivity contribution in [3.8, 4) is 0 Å². The van der Waals surface area contributed by atoms with Crippen molar-refractivity contribution in [2.45, 2.75) is 32.1 Å². The van der Waals surface area contributed by atoms with Crippen molar-refractivity contribution in [2.75, 3.05) is 17.9 Å². The monoisotopic (exact) mass is 366 g/mol. The molecule has 1 aromatic carbocycles. The lowest BCUT2D eigenvalue weighted by atomic mass is 10.1. The number of sulfonamides is 1. The van der Waals surface area contributed by atoms with Gasteiger partial charge in [-0.05, 0) is 55.0 Å². The van der Waals surface area contributed by atoms with Crippen LogP contribution in [-0.4, -0.2) is 27.9 Å². The Labute approximate surface area is 147 Å². The summed E-state index contributed by atoms with van der Waals surface area (Å²) < 4.78 is 27.1. The first-order valence-electron chi connectivity index (χ1n) is 7.71. The molecule has 0 aliphatic rings. The molecular formula is C17H22N2O3S2. The zero-order valence-corrected chi connectivity index (χ0v) is 15.9. The molecule has 0 spiro atoms. The van der Waals surface area contributed by atoms with Gasteiger partial charge in [0.15, 0.2) is 0 Å². The quantitative estimate of drug-likeness (QED) is 0.853. The second-order valence-electron chi connectivity index (χ2n) is 5.61. The maximum Gasteiger partial charge on any atom is 0.265 e. The van der Waals surface area contributed by atoms with Crippen molar-refractivity contribution in [1.29, 1.82) is 0 Å². The number of carbonyl (C=O) groups excluding carboxylic acids is 1. The lowest BCUT2D eigenvalue weighted by Crippen LogP contribution is -2.30. The van der Waals surface area contributed by atoms with Gasteiger partial charge < -0.3 is 5.32 Å². The molecule has 0 aliphatic heterocycles. The fraction of sp³-hybridized carbons (Fsp3) is 0.353. The Morgan fingerprint density at radius 1 is 1.21 bits per heavy atom. The number of thiophene rings is 1. The predicted molar refractivity (Wildman–Crippen MR) is 98.4 cm³/mol. The van der Waals surface area contributed by atoms with Crippen molar-refractivity contribution in [3.63, 3.8) is 0 Å². The van der Waals surface area contributed by atoms with E-state index < -0.39 is 10.0 Å². The zero-order chi connectivity index (χ0) is 17.9. The Bertz CT molecular complexity index is 841. The summed E-state index contributed by atoms with van der Waals surface area (Å²) in [7, 11) is -2.29. The Morgan fingerprint density at radius 3 is 2.54 bits per heavy atom. The van der Waals surface area contributed by atoms with Gasteiger partial charge in [0.1, 0.15) is 9.77 Å². The molecular weight excluding hydrogens is 344 g/mol. The van der Waals surface area contributed by atoms with Crippen LogP contribution in [0.15, 0.2) is 34.5 Å². The lowest BCUT2D eigenvalue weighted by molar-refractivity contribution is 0.0955. The molecule has 0 aliphatic carbocycles. The summed E-state index contributed by atoms with van der Waals surface area (Å²) in [5.74, 6) is -0.348. The molecule has 0 atom stereocenters. The van der Waals surface area contributed by atoms with Crippen molar-refractivity contribution < 1.29 is 13.2 Å². The van der Waals surface area contributed by atoms with E-state index in [0.717, 1.165) is 28.9 Å². The minimum Gasteiger partial charge on any atom is -0.351 e. The number of rotatable bonds is 6. The number of nitrogens with zero attached hydrogens (tertiary/aromatic N) is 1. The Balaban J connectivity index is 2.38. The van der Waals surface area contributed by atoms with Crippen LogP contribution in [0.4, 0.5) is 5.69 Å². The lowest BCUT2D eigenvalue weighted by Gasteiger charge is -2.20. The van der Waals surface area contributed by atoms with E-state index in [1.165, 1.54) is 17.4 Å². The van der Waals surface area contributed by atoms with Gasteiger partial charge in [0.05, 0.1) is 5.69 Å². The summed E-state index contributed by atoms with van der Waals surface area (Å²) in [5.41, 5.74) is 2.68. The number of carbonyl (C=O) groups is 1. The second-order valence-corrected chi connectivity index (χ2v) is 8.46. The number of amides is 1. The molecule has 1 N–H and O–H groups in total. The highest BCUT2D eigenvalue weighted by Crippen LogP contribution is 2.28. The molecule has 0 bridgehead atoms. The van der Waals surface area contributed by atoms with E-state index in [-0.39, 0.29) is 15.7 Å². The van der Waals surface area contributed by atoms with Gasteiger partial charge in [0.25, 0.3) is 15.9 Å². The number of anilines is 1. The van der Waals surface area contributed by atoms with Gasteiger partial charge in [-0.25, -0.2) is 8.42 Å². The van der Waals surface area contributed by atoms with Crippen LogP contribution in [0.3, 0.4) is 0 Å². The molecule has 0 fully saturated rings. The predicted octanol–water partition coefficient (Wildman–Crippen LogP) is 3.33. The molecule has 0 saturated carbocycles. The largest absolute Gasteiger partial charge is 0.351 e. The van der Waals surface area contributed by atoms with Gasteiger partial charge in [-0.3, -0.25) is 9.10 Å². The summed E-state index contributed by atoms with van der Waals surface area (Å²) in [6.45, 7) is 6.37. The minimum absolute atomic E-state index is 0.0434. The fourth-order valence-electron chi connectivity index (χ4n) is 2.19. The van der Waals surface area contributed by atoms with Gasteiger partial charge in [-0.1, -0.05) is 13.0 Å². The SMILES string of the molecule is CCCNC(=O)c1sccc1S(=O)(=O)N(C)c1ccc(C)c(C)c1. The Morgan fingerprint density at radius 2 is 1.92 bits per heavy atom. The number of hydrogen-bond acceptors (Lipinski definition) is 4. The maximum absolute atomic E-state index is 12.9. The van der Waals surface area contributed by atoms with Crippen molar-refractivity contribution in [2.24, 2.45) is 0 Å². The van der Waals surface area contributed by atoms with Crippen LogP contribution in [0.5, 0.6) is 0 Å². The zero-order valence-electron chi connectivity index (χ0n) is 14.3. The summed E-state index contributed by atoms with van der Waals surface area (Å²) >= 11 is 1.14. The third kappa shape index (κ3) is 3.62. The van der Waals surface area contributed by atoms with Crippen LogP contribution < -0.4 is 9.62 Å². The summed E-state index contributed by atoms with van der Waals surface area (Å²) in [5, 5.41) is 4.36. The molecule has 130 valence electrons. The molecule has 1 aromatic heterocycles. The van der Waals surface area contributed by atoms with E-state index >= 15 is 0 Å². The molecule has 7 heteroatoms. The van der Waals surface area contributed by atoms with Crippen LogP contribution in [-0.2, 0) is 10.0 Å². The third-order valence-electron chi connectivity index (χ3n) is 3.86. The molecule has 1 heterocycles. The second kappa shape index (κ2) is 7.36. The molecule has 0 unspecified atom stereocenters. The first-order valence-corrected chi connectivity index (χ1v) is 10.0. The standard InChI is InChI=1S/C17H22N2O3S2/c1-5-9-18-17(20)16-15(8-10-23-16)24(21,22)19(4)14-7-6-12(2)13(3)11-14/h6-8,10-11H,5,9H2,1-4H3,(H,18,20). The minimum atomic E-state index is -3.80. The van der Waals surface area contributed by atoms with Crippen LogP contribution >= 0.6 is 11.3 Å². The van der Waals surface area contributed by atoms with Gasteiger partial charge in [-0.2, -0.15) is 0 Å². The van der Waals surface area contributed by atoms with E-state index in [1.54, 1.807) is 11.4 Å². The third-order valence-corrected chi connectivity index (χ3v) is 6.73. The highest BCUT2D eigenvalue weighted by atomic mass is 32.2. The Hall–Kier alpha value is -1.86. The normalized spacial score (nSPS) is 11.3. The molecule has 1 amide bonds. The van der Waals surface area contributed by atoms with Gasteiger partial charge >= 0.3 is 0 Å². The van der Waals surface area contributed by atoms with Crippen molar-refractivity contribution in [1.82, 2.24) is 5.32 Å². The maximum atomic E-state index is 12.9. The highest BCUT2D eigenvalue weighted by molar-refractivity contribution is 7.93. The molecule has 2 rings (SSSR count). The highest BCUT2D eigenvalue weighted by Gasteiger charge is 2.28. The van der Waals surface area contributed by atoms with Crippen molar-refractivity contribution in [3.05, 3.63) is 45.6 Å². The van der Waals surface area contributed by atoms with Gasteiger partial charge in [0.2, 0.25) is 0 Å². The number of hydrogen-bond donors (Lipinski definition) is 1. The van der Waals surface area contributed by atoms with Gasteiger partial charge in [-0.15, -0.1) is 11.3 Å². The first-order chi connectivity index (χ1) is 11.3. The van der Waals surface area contributed by atoms with Gasteiger partial charge in [0, 0.05) is 13.6 Å². The average Bonchev–Trinajstić information content (AvgIpc) is 3.05. The number of nitrogens with one attached hydrogen (secondary N) is 1. The first kappa shape index (κ1) is 18.5. The molecule has 0 saturated heterocycles. The van der Waals surface area contributed by atoms with Crippen LogP contribution in [0, 0.1) is 13.8 Å². The van der Waals surface area contributed by atoms with E-state index in [2.05, 4.69) is 5.32 Å². The van der Waals surface area contributed by atoms with E-state index in [1.807, 2.05) is 32.9 Å². The topological polar surface area (TPSA) is 66.5 Å². The molecule has 5 nitrogen and oxygen atoms in total. The van der Waals surface area contributed by atoms with E-state index in [4.69, 9.17) is 0 Å².